The van der Waals surface area contributed by atoms with Crippen LogP contribution in [0.4, 0.5) is 0 Å². The number of methoxy groups -OCH3 is 1. The second kappa shape index (κ2) is 26.7. The molecule has 5 N–H and O–H groups in total. The summed E-state index contributed by atoms with van der Waals surface area (Å²) in [6.45, 7) is 6.17. The molecule has 13 heteroatoms. The summed E-state index contributed by atoms with van der Waals surface area (Å²) >= 11 is 3.24. The number of aliphatic hydroxyl groups is 1. The third kappa shape index (κ3) is 14.4. The van der Waals surface area contributed by atoms with Crippen molar-refractivity contribution in [1.82, 2.24) is 21.3 Å². The molecule has 6 aromatic carbocycles. The number of nitrogens with one attached hydrogen (secondary N) is 4. The lowest BCUT2D eigenvalue weighted by atomic mass is 9.84. The van der Waals surface area contributed by atoms with Crippen LogP contribution in [-0.2, 0) is 38.2 Å². The van der Waals surface area contributed by atoms with Gasteiger partial charge in [0, 0.05) is 5.75 Å². The van der Waals surface area contributed by atoms with Gasteiger partial charge in [0.15, 0.2) is 0 Å². The first-order valence-corrected chi connectivity index (χ1v) is 26.4. The van der Waals surface area contributed by atoms with Gasteiger partial charge in [-0.2, -0.15) is 0 Å². The van der Waals surface area contributed by atoms with Gasteiger partial charge in [-0.15, -0.1) is 23.5 Å². The molecule has 0 fully saturated rings. The zero-order valence-electron chi connectivity index (χ0n) is 42.0. The molecule has 73 heavy (non-hydrogen) atoms. The summed E-state index contributed by atoms with van der Waals surface area (Å²) in [4.78, 5) is 67.9. The van der Waals surface area contributed by atoms with Crippen molar-refractivity contribution >= 4 is 53.1 Å². The first-order valence-electron chi connectivity index (χ1n) is 24.4. The van der Waals surface area contributed by atoms with Gasteiger partial charge in [0.1, 0.15) is 24.2 Å². The Morgan fingerprint density at radius 3 is 1.37 bits per heavy atom. The number of benzene rings is 6. The number of ether oxygens (including phenoxy) is 1. The van der Waals surface area contributed by atoms with E-state index in [4.69, 9.17) is 4.74 Å². The first-order chi connectivity index (χ1) is 35.2. The third-order valence-electron chi connectivity index (χ3n) is 12.4. The van der Waals surface area contributed by atoms with Crippen LogP contribution in [0, 0.1) is 5.92 Å². The molecule has 0 aliphatic heterocycles. The average molecular weight is 1020 g/mol. The Hall–Kier alpha value is -6.93. The molecule has 0 aromatic heterocycles. The number of thioether (sulfide) groups is 2. The van der Waals surface area contributed by atoms with Gasteiger partial charge in [0.25, 0.3) is 0 Å². The van der Waals surface area contributed by atoms with Crippen LogP contribution < -0.4 is 21.3 Å². The van der Waals surface area contributed by atoms with Gasteiger partial charge >= 0.3 is 5.97 Å². The molecule has 3 atom stereocenters. The van der Waals surface area contributed by atoms with Gasteiger partial charge in [0.05, 0.1) is 29.1 Å². The molecule has 6 rings (SSSR count). The smallest absolute Gasteiger partial charge is 0.325 e. The number of amides is 4. The molecule has 0 spiro atoms. The summed E-state index contributed by atoms with van der Waals surface area (Å²) in [6.07, 6.45) is 2.63. The number of carbonyl (C=O) groups excluding carboxylic acids is 5. The Bertz CT molecular complexity index is 2540. The molecule has 0 heterocycles. The van der Waals surface area contributed by atoms with E-state index >= 15 is 0 Å². The van der Waals surface area contributed by atoms with E-state index in [1.54, 1.807) is 31.7 Å². The van der Waals surface area contributed by atoms with E-state index in [0.29, 0.717) is 12.2 Å². The molecular weight excluding hydrogens is 953 g/mol. The van der Waals surface area contributed by atoms with E-state index < -0.39 is 75.3 Å². The zero-order valence-corrected chi connectivity index (χ0v) is 43.7. The van der Waals surface area contributed by atoms with Crippen LogP contribution >= 0.6 is 23.5 Å². The van der Waals surface area contributed by atoms with Crippen molar-refractivity contribution in [2.24, 2.45) is 5.92 Å². The second-order valence-electron chi connectivity index (χ2n) is 18.4. The van der Waals surface area contributed by atoms with E-state index in [0.717, 1.165) is 33.4 Å². The molecule has 0 radical (unpaired) electrons. The molecule has 6 aromatic rings. The lowest BCUT2D eigenvalue weighted by Gasteiger charge is -2.37. The average Bonchev–Trinajstić information content (AvgIpc) is 3.41. The van der Waals surface area contributed by atoms with Gasteiger partial charge < -0.3 is 31.1 Å². The molecule has 0 bridgehead atoms. The van der Waals surface area contributed by atoms with Gasteiger partial charge in [-0.3, -0.25) is 24.0 Å². The quantitative estimate of drug-likeness (QED) is 0.0163. The molecule has 380 valence electrons. The normalized spacial score (nSPS) is 13.1. The first kappa shape index (κ1) is 55.4. The number of rotatable bonds is 25. The van der Waals surface area contributed by atoms with E-state index in [1.807, 2.05) is 115 Å². The molecule has 0 saturated heterocycles. The maximum Gasteiger partial charge on any atom is 0.325 e. The highest BCUT2D eigenvalue weighted by atomic mass is 32.2. The second-order valence-corrected chi connectivity index (χ2v) is 21.0. The summed E-state index contributed by atoms with van der Waals surface area (Å²) in [5.74, 6) is -2.84. The van der Waals surface area contributed by atoms with E-state index in [1.165, 1.54) is 32.7 Å². The standard InChI is InChI=1S/C60H66N4O7S2/c1-43(2)54(56(69)61-41-53(67)71-5)63-55(68)51(42-73-60(47-32-18-9-19-33-47,48-34-20-10-21-35-48)49-36-22-11-23-37-49)62-57(70)58(3,4)64-52(66)40-50(65)38-24-25-39-72-59(44-26-12-6-13-27-44,45-28-14-7-15-29-45)46-30-16-8-17-31-46/h6-24,26-38,43,50-51,54,65H,25,39-42H2,1-5H3,(H,61,69)(H,62,70)(H,63,68)(H,64,66)/b38-24+/t50-,51-,54-/m1/s1. The Morgan fingerprint density at radius 1 is 0.589 bits per heavy atom. The molecule has 11 nitrogen and oxygen atoms in total. The third-order valence-corrected chi connectivity index (χ3v) is 15.6. The predicted octanol–water partition coefficient (Wildman–Crippen LogP) is 8.94. The van der Waals surface area contributed by atoms with Crippen molar-refractivity contribution in [3.05, 3.63) is 228 Å². The highest BCUT2D eigenvalue weighted by Gasteiger charge is 2.41. The molecule has 0 aliphatic rings. The number of carbonyl (C=O) groups is 5. The number of hydrogen-bond donors (Lipinski definition) is 5. The Balaban J connectivity index is 1.18. The van der Waals surface area contributed by atoms with Gasteiger partial charge in [-0.25, -0.2) is 0 Å². The number of allylic oxidation sites excluding steroid dienone is 1. The minimum atomic E-state index is -1.55. The number of hydrogen-bond acceptors (Lipinski definition) is 9. The van der Waals surface area contributed by atoms with Gasteiger partial charge in [-0.1, -0.05) is 208 Å². The Labute approximate surface area is 438 Å². The Kier molecular flexibility index (Phi) is 20.2. The lowest BCUT2D eigenvalue weighted by molar-refractivity contribution is -0.141. The largest absolute Gasteiger partial charge is 0.468 e. The fraction of sp³-hybridized carbons (Fsp3) is 0.283. The highest BCUT2D eigenvalue weighted by molar-refractivity contribution is 8.00. The van der Waals surface area contributed by atoms with Crippen molar-refractivity contribution in [1.29, 1.82) is 0 Å². The summed E-state index contributed by atoms with van der Waals surface area (Å²) in [7, 11) is 1.21. The van der Waals surface area contributed by atoms with Crippen molar-refractivity contribution in [3.8, 4) is 0 Å². The van der Waals surface area contributed by atoms with Crippen molar-refractivity contribution in [2.45, 2.75) is 73.8 Å². The summed E-state index contributed by atoms with van der Waals surface area (Å²) in [5.41, 5.74) is 4.69. The maximum atomic E-state index is 14.6. The van der Waals surface area contributed by atoms with Crippen LogP contribution in [0.3, 0.4) is 0 Å². The summed E-state index contributed by atoms with van der Waals surface area (Å²) < 4.78 is 3.33. The van der Waals surface area contributed by atoms with Gasteiger partial charge in [0.2, 0.25) is 23.6 Å². The van der Waals surface area contributed by atoms with Crippen LogP contribution in [0.2, 0.25) is 0 Å². The van der Waals surface area contributed by atoms with E-state index in [9.17, 15) is 29.1 Å². The number of esters is 1. The molecule has 4 amide bonds. The van der Waals surface area contributed by atoms with Crippen LogP contribution in [-0.4, -0.2) is 83.6 Å². The van der Waals surface area contributed by atoms with Crippen LogP contribution in [0.25, 0.3) is 0 Å². The van der Waals surface area contributed by atoms with Crippen LogP contribution in [0.1, 0.15) is 73.9 Å². The molecule has 0 aliphatic carbocycles. The minimum Gasteiger partial charge on any atom is -0.468 e. The van der Waals surface area contributed by atoms with Crippen molar-refractivity contribution in [3.63, 3.8) is 0 Å². The van der Waals surface area contributed by atoms with Crippen LogP contribution in [0.15, 0.2) is 194 Å². The highest BCUT2D eigenvalue weighted by Crippen LogP contribution is 2.50. The molecule has 0 unspecified atom stereocenters. The number of aliphatic hydroxyl groups excluding tert-OH is 1. The Morgan fingerprint density at radius 2 is 0.986 bits per heavy atom. The minimum absolute atomic E-state index is 0.0137. The van der Waals surface area contributed by atoms with E-state index in [-0.39, 0.29) is 12.2 Å². The molecule has 0 saturated carbocycles. The monoisotopic (exact) mass is 1020 g/mol. The predicted molar refractivity (Wildman–Crippen MR) is 294 cm³/mol. The van der Waals surface area contributed by atoms with Crippen molar-refractivity contribution < 1.29 is 33.8 Å². The van der Waals surface area contributed by atoms with E-state index in [2.05, 4.69) is 94.1 Å². The van der Waals surface area contributed by atoms with Gasteiger partial charge in [-0.05, 0) is 65.3 Å². The topological polar surface area (TPSA) is 163 Å². The molecular formula is C60H66N4O7S2. The van der Waals surface area contributed by atoms with Crippen molar-refractivity contribution in [2.75, 3.05) is 25.2 Å². The fourth-order valence-corrected chi connectivity index (χ4v) is 11.7. The summed E-state index contributed by atoms with van der Waals surface area (Å²) in [6, 6.07) is 58.6. The fourth-order valence-electron chi connectivity index (χ4n) is 8.64. The maximum absolute atomic E-state index is 14.6. The lowest BCUT2D eigenvalue weighted by Crippen LogP contribution is -2.61. The van der Waals surface area contributed by atoms with Crippen LogP contribution in [0.5, 0.6) is 0 Å². The SMILES string of the molecule is COC(=O)CNC(=O)[C@H](NC(=O)[C@@H](CSC(c1ccccc1)(c1ccccc1)c1ccccc1)NC(=O)C(C)(C)NC(=O)C[C@H](O)/C=C/CCSC(c1ccccc1)(c1ccccc1)c1ccccc1)C(C)C. The zero-order chi connectivity index (χ0) is 52.3. The summed E-state index contributed by atoms with van der Waals surface area (Å²) in [5, 5.41) is 22.1.